The first kappa shape index (κ1) is 12.7. The molecule has 1 aliphatic rings. The lowest BCUT2D eigenvalue weighted by atomic mass is 9.79. The van der Waals surface area contributed by atoms with Gasteiger partial charge in [-0.05, 0) is 12.8 Å². The summed E-state index contributed by atoms with van der Waals surface area (Å²) in [6.45, 7) is 6.42. The molecule has 0 saturated carbocycles. The second kappa shape index (κ2) is 5.14. The van der Waals surface area contributed by atoms with Crippen molar-refractivity contribution in [3.8, 4) is 0 Å². The van der Waals surface area contributed by atoms with Crippen molar-refractivity contribution in [3.05, 3.63) is 12.2 Å². The Bertz CT molecular complexity index is 311. The first-order valence-corrected chi connectivity index (χ1v) is 5.55. The van der Waals surface area contributed by atoms with E-state index in [1.54, 1.807) is 11.9 Å². The van der Waals surface area contributed by atoms with Gasteiger partial charge in [0.05, 0.1) is 13.0 Å². The van der Waals surface area contributed by atoms with Gasteiger partial charge in [-0.15, -0.1) is 0 Å². The number of hydrogen-bond donors (Lipinski definition) is 0. The standard InChI is InChI=1S/C12H19NO3/c1-5-9(12(15)16-4)10-6-7-13(3)11(14)8(10)2/h9-10H,2,5-7H2,1,3-4H3/t9-,10+/m0/s1. The number of methoxy groups -OCH3 is 1. The van der Waals surface area contributed by atoms with Crippen molar-refractivity contribution in [2.45, 2.75) is 19.8 Å². The highest BCUT2D eigenvalue weighted by Gasteiger charge is 2.36. The van der Waals surface area contributed by atoms with Crippen molar-refractivity contribution in [3.63, 3.8) is 0 Å². The Kier molecular flexibility index (Phi) is 4.10. The quantitative estimate of drug-likeness (QED) is 0.536. The molecule has 2 atom stereocenters. The van der Waals surface area contributed by atoms with E-state index in [4.69, 9.17) is 4.74 Å². The van der Waals surface area contributed by atoms with Crippen LogP contribution in [0.15, 0.2) is 12.2 Å². The monoisotopic (exact) mass is 225 g/mol. The summed E-state index contributed by atoms with van der Waals surface area (Å²) in [5.74, 6) is -0.610. The van der Waals surface area contributed by atoms with Gasteiger partial charge in [0.25, 0.3) is 0 Å². The fourth-order valence-corrected chi connectivity index (χ4v) is 2.22. The van der Waals surface area contributed by atoms with Crippen LogP contribution in [0.2, 0.25) is 0 Å². The normalized spacial score (nSPS) is 23.2. The zero-order valence-corrected chi connectivity index (χ0v) is 10.2. The Morgan fingerprint density at radius 2 is 2.31 bits per heavy atom. The van der Waals surface area contributed by atoms with E-state index in [1.807, 2.05) is 6.92 Å². The number of ether oxygens (including phenoxy) is 1. The second-order valence-corrected chi connectivity index (χ2v) is 4.19. The van der Waals surface area contributed by atoms with E-state index in [0.29, 0.717) is 18.5 Å². The van der Waals surface area contributed by atoms with Crippen LogP contribution in [-0.4, -0.2) is 37.5 Å². The molecule has 16 heavy (non-hydrogen) atoms. The minimum atomic E-state index is -0.244. The maximum absolute atomic E-state index is 11.7. The maximum atomic E-state index is 11.7. The fourth-order valence-electron chi connectivity index (χ4n) is 2.22. The first-order valence-electron chi connectivity index (χ1n) is 5.55. The Balaban J connectivity index is 2.83. The fraction of sp³-hybridized carbons (Fsp3) is 0.667. The third-order valence-electron chi connectivity index (χ3n) is 3.27. The summed E-state index contributed by atoms with van der Waals surface area (Å²) < 4.78 is 4.76. The Morgan fingerprint density at radius 3 is 2.81 bits per heavy atom. The minimum Gasteiger partial charge on any atom is -0.469 e. The summed E-state index contributed by atoms with van der Waals surface area (Å²) in [5, 5.41) is 0. The van der Waals surface area contributed by atoms with Gasteiger partial charge in [-0.25, -0.2) is 0 Å². The molecule has 1 saturated heterocycles. The SMILES string of the molecule is C=C1C(=O)N(C)CC[C@H]1[C@H](CC)C(=O)OC. The zero-order valence-electron chi connectivity index (χ0n) is 10.2. The number of rotatable bonds is 3. The number of carbonyl (C=O) groups is 2. The van der Waals surface area contributed by atoms with Gasteiger partial charge in [-0.2, -0.15) is 0 Å². The molecule has 90 valence electrons. The largest absolute Gasteiger partial charge is 0.469 e. The molecule has 0 spiro atoms. The molecule has 0 aromatic carbocycles. The molecule has 0 N–H and O–H groups in total. The van der Waals surface area contributed by atoms with E-state index in [0.717, 1.165) is 6.42 Å². The van der Waals surface area contributed by atoms with Crippen molar-refractivity contribution in [2.75, 3.05) is 20.7 Å². The average Bonchev–Trinajstić information content (AvgIpc) is 2.29. The molecule has 0 aliphatic carbocycles. The summed E-state index contributed by atoms with van der Waals surface area (Å²) in [6, 6.07) is 0. The topological polar surface area (TPSA) is 46.6 Å². The highest BCUT2D eigenvalue weighted by molar-refractivity contribution is 5.94. The van der Waals surface area contributed by atoms with Crippen molar-refractivity contribution < 1.29 is 14.3 Å². The zero-order chi connectivity index (χ0) is 12.3. The molecule has 1 amide bonds. The van der Waals surface area contributed by atoms with Crippen LogP contribution >= 0.6 is 0 Å². The summed E-state index contributed by atoms with van der Waals surface area (Å²) in [5.41, 5.74) is 0.533. The highest BCUT2D eigenvalue weighted by atomic mass is 16.5. The van der Waals surface area contributed by atoms with Gasteiger partial charge in [0.15, 0.2) is 0 Å². The number of hydrogen-bond acceptors (Lipinski definition) is 3. The molecule has 0 aromatic heterocycles. The van der Waals surface area contributed by atoms with E-state index in [2.05, 4.69) is 6.58 Å². The summed E-state index contributed by atoms with van der Waals surface area (Å²) in [4.78, 5) is 25.0. The van der Waals surface area contributed by atoms with Gasteiger partial charge < -0.3 is 9.64 Å². The summed E-state index contributed by atoms with van der Waals surface area (Å²) in [7, 11) is 3.13. The molecule has 4 nitrogen and oxygen atoms in total. The Hall–Kier alpha value is -1.32. The average molecular weight is 225 g/mol. The van der Waals surface area contributed by atoms with Crippen LogP contribution in [0.5, 0.6) is 0 Å². The molecule has 0 radical (unpaired) electrons. The summed E-state index contributed by atoms with van der Waals surface area (Å²) in [6.07, 6.45) is 1.46. The third kappa shape index (κ3) is 2.26. The van der Waals surface area contributed by atoms with Crippen LogP contribution in [-0.2, 0) is 14.3 Å². The predicted molar refractivity (Wildman–Crippen MR) is 60.7 cm³/mol. The predicted octanol–water partition coefficient (Wildman–Crippen LogP) is 1.22. The Labute approximate surface area is 96.3 Å². The smallest absolute Gasteiger partial charge is 0.309 e. The van der Waals surface area contributed by atoms with Crippen LogP contribution in [0, 0.1) is 11.8 Å². The Morgan fingerprint density at radius 1 is 1.69 bits per heavy atom. The lowest BCUT2D eigenvalue weighted by molar-refractivity contribution is -0.147. The van der Waals surface area contributed by atoms with E-state index in [9.17, 15) is 9.59 Å². The number of likely N-dealkylation sites (tertiary alicyclic amines) is 1. The molecule has 0 unspecified atom stereocenters. The lowest BCUT2D eigenvalue weighted by Crippen LogP contribution is -2.41. The molecular formula is C12H19NO3. The van der Waals surface area contributed by atoms with Gasteiger partial charge >= 0.3 is 5.97 Å². The highest BCUT2D eigenvalue weighted by Crippen LogP contribution is 2.31. The number of esters is 1. The van der Waals surface area contributed by atoms with Crippen molar-refractivity contribution in [1.82, 2.24) is 4.90 Å². The minimum absolute atomic E-state index is 0.0568. The van der Waals surface area contributed by atoms with E-state index in [1.165, 1.54) is 7.11 Å². The second-order valence-electron chi connectivity index (χ2n) is 4.19. The van der Waals surface area contributed by atoms with Gasteiger partial charge in [-0.1, -0.05) is 13.5 Å². The molecule has 4 heteroatoms. The molecular weight excluding hydrogens is 206 g/mol. The maximum Gasteiger partial charge on any atom is 0.309 e. The summed E-state index contributed by atoms with van der Waals surface area (Å²) >= 11 is 0. The van der Waals surface area contributed by atoms with Gasteiger partial charge in [0.1, 0.15) is 0 Å². The van der Waals surface area contributed by atoms with Crippen LogP contribution in [0.1, 0.15) is 19.8 Å². The van der Waals surface area contributed by atoms with E-state index in [-0.39, 0.29) is 23.7 Å². The van der Waals surface area contributed by atoms with Gasteiger partial charge in [0.2, 0.25) is 5.91 Å². The number of piperidine rings is 1. The van der Waals surface area contributed by atoms with E-state index < -0.39 is 0 Å². The van der Waals surface area contributed by atoms with E-state index >= 15 is 0 Å². The molecule has 1 fully saturated rings. The van der Waals surface area contributed by atoms with Crippen LogP contribution < -0.4 is 0 Å². The van der Waals surface area contributed by atoms with Gasteiger partial charge in [-0.3, -0.25) is 9.59 Å². The molecule has 1 aliphatic heterocycles. The number of carbonyl (C=O) groups excluding carboxylic acids is 2. The van der Waals surface area contributed by atoms with Crippen LogP contribution in [0.25, 0.3) is 0 Å². The first-order chi connectivity index (χ1) is 7.52. The molecule has 0 aromatic rings. The molecule has 1 rings (SSSR count). The van der Waals surface area contributed by atoms with Crippen LogP contribution in [0.3, 0.4) is 0 Å². The van der Waals surface area contributed by atoms with Crippen LogP contribution in [0.4, 0.5) is 0 Å². The molecule has 1 heterocycles. The van der Waals surface area contributed by atoms with Gasteiger partial charge in [0, 0.05) is 25.1 Å². The number of nitrogens with zero attached hydrogens (tertiary/aromatic N) is 1. The lowest BCUT2D eigenvalue weighted by Gasteiger charge is -2.34. The number of amides is 1. The van der Waals surface area contributed by atoms with Crippen molar-refractivity contribution in [2.24, 2.45) is 11.8 Å². The van der Waals surface area contributed by atoms with Crippen molar-refractivity contribution in [1.29, 1.82) is 0 Å². The third-order valence-corrected chi connectivity index (χ3v) is 3.27. The van der Waals surface area contributed by atoms with Crippen molar-refractivity contribution >= 4 is 11.9 Å². The molecule has 0 bridgehead atoms. The number of likely N-dealkylation sites (N-methyl/N-ethyl adjacent to an activating group) is 1.